The van der Waals surface area contributed by atoms with Gasteiger partial charge in [-0.3, -0.25) is 19.3 Å². The first kappa shape index (κ1) is 17.4. The number of amides is 1. The molecule has 3 heterocycles. The molecule has 2 aliphatic rings. The average Bonchev–Trinajstić information content (AvgIpc) is 3.12. The predicted molar refractivity (Wildman–Crippen MR) is 94.7 cm³/mol. The van der Waals surface area contributed by atoms with Crippen LogP contribution in [-0.2, 0) is 11.3 Å². The summed E-state index contributed by atoms with van der Waals surface area (Å²) in [7, 11) is 2.08. The largest absolute Gasteiger partial charge is 0.340 e. The third-order valence-electron chi connectivity index (χ3n) is 5.30. The van der Waals surface area contributed by atoms with Crippen LogP contribution in [0.3, 0.4) is 0 Å². The van der Waals surface area contributed by atoms with Crippen molar-refractivity contribution in [2.24, 2.45) is 0 Å². The van der Waals surface area contributed by atoms with Crippen molar-refractivity contribution in [3.63, 3.8) is 0 Å². The van der Waals surface area contributed by atoms with Crippen LogP contribution in [0.5, 0.6) is 0 Å². The van der Waals surface area contributed by atoms with Crippen LogP contribution < -0.4 is 0 Å². The zero-order valence-electron chi connectivity index (χ0n) is 15.3. The molecule has 0 aliphatic carbocycles. The van der Waals surface area contributed by atoms with Crippen molar-refractivity contribution < 1.29 is 4.79 Å². The van der Waals surface area contributed by atoms with E-state index in [4.69, 9.17) is 0 Å². The molecule has 24 heavy (non-hydrogen) atoms. The van der Waals surface area contributed by atoms with Gasteiger partial charge < -0.3 is 4.90 Å². The SMILES string of the molecule is CC(C)n1cc(CN2CCCN(C(=O)[C@H]3CCCN3C)CC2)cn1. The van der Waals surface area contributed by atoms with E-state index in [0.717, 1.165) is 58.5 Å². The first-order valence-corrected chi connectivity index (χ1v) is 9.29. The van der Waals surface area contributed by atoms with Gasteiger partial charge in [-0.2, -0.15) is 5.10 Å². The van der Waals surface area contributed by atoms with Gasteiger partial charge in [0.2, 0.25) is 5.91 Å². The smallest absolute Gasteiger partial charge is 0.239 e. The van der Waals surface area contributed by atoms with E-state index in [-0.39, 0.29) is 6.04 Å². The summed E-state index contributed by atoms with van der Waals surface area (Å²) in [4.78, 5) is 19.5. The van der Waals surface area contributed by atoms with Gasteiger partial charge in [0.1, 0.15) is 0 Å². The minimum absolute atomic E-state index is 0.112. The third kappa shape index (κ3) is 3.98. The highest BCUT2D eigenvalue weighted by Gasteiger charge is 2.32. The van der Waals surface area contributed by atoms with Crippen LogP contribution in [0.4, 0.5) is 0 Å². The molecule has 1 aromatic rings. The quantitative estimate of drug-likeness (QED) is 0.839. The molecule has 2 fully saturated rings. The Labute approximate surface area is 145 Å². The Kier molecular flexibility index (Phi) is 5.56. The lowest BCUT2D eigenvalue weighted by atomic mass is 10.2. The topological polar surface area (TPSA) is 44.6 Å². The van der Waals surface area contributed by atoms with Crippen LogP contribution in [0.1, 0.15) is 44.7 Å². The van der Waals surface area contributed by atoms with Gasteiger partial charge in [0, 0.05) is 50.5 Å². The molecule has 0 spiro atoms. The Morgan fingerprint density at radius 1 is 1.21 bits per heavy atom. The summed E-state index contributed by atoms with van der Waals surface area (Å²) in [5, 5.41) is 4.43. The van der Waals surface area contributed by atoms with Gasteiger partial charge in [-0.25, -0.2) is 0 Å². The lowest BCUT2D eigenvalue weighted by Crippen LogP contribution is -2.45. The van der Waals surface area contributed by atoms with E-state index in [2.05, 4.69) is 46.9 Å². The maximum absolute atomic E-state index is 12.8. The maximum atomic E-state index is 12.8. The van der Waals surface area contributed by atoms with Crippen molar-refractivity contribution in [3.05, 3.63) is 18.0 Å². The second-order valence-corrected chi connectivity index (χ2v) is 7.52. The average molecular weight is 333 g/mol. The normalized spacial score (nSPS) is 23.8. The monoisotopic (exact) mass is 333 g/mol. The fraction of sp³-hybridized carbons (Fsp3) is 0.778. The van der Waals surface area contributed by atoms with Crippen LogP contribution in [0, 0.1) is 0 Å². The molecule has 6 heteroatoms. The van der Waals surface area contributed by atoms with E-state index < -0.39 is 0 Å². The molecule has 134 valence electrons. The number of carbonyl (C=O) groups excluding carboxylic acids is 1. The fourth-order valence-corrected chi connectivity index (χ4v) is 3.78. The number of hydrogen-bond donors (Lipinski definition) is 0. The molecule has 0 aromatic carbocycles. The molecule has 1 amide bonds. The molecule has 0 N–H and O–H groups in total. The van der Waals surface area contributed by atoms with Crippen molar-refractivity contribution in [2.45, 2.75) is 51.7 Å². The van der Waals surface area contributed by atoms with Gasteiger partial charge in [0.25, 0.3) is 0 Å². The van der Waals surface area contributed by atoms with E-state index in [1.165, 1.54) is 5.56 Å². The van der Waals surface area contributed by atoms with Gasteiger partial charge in [-0.05, 0) is 46.7 Å². The first-order chi connectivity index (χ1) is 11.5. The summed E-state index contributed by atoms with van der Waals surface area (Å²) in [6.07, 6.45) is 7.34. The lowest BCUT2D eigenvalue weighted by Gasteiger charge is -2.27. The van der Waals surface area contributed by atoms with Crippen LogP contribution in [0.15, 0.2) is 12.4 Å². The fourth-order valence-electron chi connectivity index (χ4n) is 3.78. The van der Waals surface area contributed by atoms with Gasteiger partial charge in [0.15, 0.2) is 0 Å². The van der Waals surface area contributed by atoms with E-state index in [1.54, 1.807) is 0 Å². The number of aromatic nitrogens is 2. The molecule has 0 radical (unpaired) electrons. The molecule has 1 aromatic heterocycles. The molecule has 2 aliphatic heterocycles. The minimum Gasteiger partial charge on any atom is -0.340 e. The highest BCUT2D eigenvalue weighted by Crippen LogP contribution is 2.18. The second-order valence-electron chi connectivity index (χ2n) is 7.52. The third-order valence-corrected chi connectivity index (χ3v) is 5.30. The summed E-state index contributed by atoms with van der Waals surface area (Å²) >= 11 is 0. The van der Waals surface area contributed by atoms with Crippen LogP contribution >= 0.6 is 0 Å². The molecular weight excluding hydrogens is 302 g/mol. The molecule has 3 rings (SSSR count). The molecule has 0 bridgehead atoms. The highest BCUT2D eigenvalue weighted by molar-refractivity contribution is 5.82. The molecule has 0 saturated carbocycles. The molecular formula is C18H31N5O. The second kappa shape index (κ2) is 7.66. The van der Waals surface area contributed by atoms with Crippen LogP contribution in [0.2, 0.25) is 0 Å². The number of rotatable bonds is 4. The molecule has 1 atom stereocenters. The van der Waals surface area contributed by atoms with E-state index in [0.29, 0.717) is 11.9 Å². The zero-order chi connectivity index (χ0) is 17.1. The summed E-state index contributed by atoms with van der Waals surface area (Å²) < 4.78 is 2.01. The van der Waals surface area contributed by atoms with Crippen LogP contribution in [-0.4, -0.2) is 76.2 Å². The predicted octanol–water partition coefficient (Wildman–Crippen LogP) is 1.59. The van der Waals surface area contributed by atoms with Crippen LogP contribution in [0.25, 0.3) is 0 Å². The van der Waals surface area contributed by atoms with Crippen molar-refractivity contribution in [3.8, 4) is 0 Å². The lowest BCUT2D eigenvalue weighted by molar-refractivity contribution is -0.135. The molecule has 2 saturated heterocycles. The van der Waals surface area contributed by atoms with E-state index >= 15 is 0 Å². The van der Waals surface area contributed by atoms with Crippen molar-refractivity contribution in [2.75, 3.05) is 39.8 Å². The van der Waals surface area contributed by atoms with Crippen molar-refractivity contribution in [1.29, 1.82) is 0 Å². The van der Waals surface area contributed by atoms with E-state index in [9.17, 15) is 4.79 Å². The Morgan fingerprint density at radius 3 is 2.71 bits per heavy atom. The Hall–Kier alpha value is -1.40. The number of nitrogens with zero attached hydrogens (tertiary/aromatic N) is 5. The van der Waals surface area contributed by atoms with Gasteiger partial charge in [-0.1, -0.05) is 0 Å². The van der Waals surface area contributed by atoms with Crippen molar-refractivity contribution in [1.82, 2.24) is 24.5 Å². The summed E-state index contributed by atoms with van der Waals surface area (Å²) in [6.45, 7) is 10.0. The number of carbonyl (C=O) groups is 1. The van der Waals surface area contributed by atoms with E-state index in [1.807, 2.05) is 10.9 Å². The van der Waals surface area contributed by atoms with Gasteiger partial charge >= 0.3 is 0 Å². The number of hydrogen-bond acceptors (Lipinski definition) is 4. The molecule has 0 unspecified atom stereocenters. The molecule has 6 nitrogen and oxygen atoms in total. The van der Waals surface area contributed by atoms with Crippen molar-refractivity contribution >= 4 is 5.91 Å². The number of likely N-dealkylation sites (N-methyl/N-ethyl adjacent to an activating group) is 1. The Balaban J connectivity index is 1.53. The maximum Gasteiger partial charge on any atom is 0.239 e. The summed E-state index contributed by atoms with van der Waals surface area (Å²) in [6, 6.07) is 0.514. The van der Waals surface area contributed by atoms with Gasteiger partial charge in [-0.15, -0.1) is 0 Å². The first-order valence-electron chi connectivity index (χ1n) is 9.29. The zero-order valence-corrected chi connectivity index (χ0v) is 15.3. The standard InChI is InChI=1S/C18H31N5O/c1-15(2)23-14-16(12-19-23)13-21-8-5-9-22(11-10-21)18(24)17-6-4-7-20(17)3/h12,14-15,17H,4-11,13H2,1-3H3/t17-/m1/s1. The Morgan fingerprint density at radius 2 is 2.04 bits per heavy atom. The number of likely N-dealkylation sites (tertiary alicyclic amines) is 1. The highest BCUT2D eigenvalue weighted by atomic mass is 16.2. The minimum atomic E-state index is 0.112. The van der Waals surface area contributed by atoms with Gasteiger partial charge in [0.05, 0.1) is 12.2 Å². The Bertz CT molecular complexity index is 555. The summed E-state index contributed by atoms with van der Waals surface area (Å²) in [5.41, 5.74) is 1.26. The summed E-state index contributed by atoms with van der Waals surface area (Å²) in [5.74, 6) is 0.337.